The molecule has 2 aromatic rings. The van der Waals surface area contributed by atoms with Gasteiger partial charge < -0.3 is 15.3 Å². The number of rotatable bonds is 3. The van der Waals surface area contributed by atoms with Crippen LogP contribution in [0.5, 0.6) is 11.5 Å². The Kier molecular flexibility index (Phi) is 3.42. The number of phenols is 2. The van der Waals surface area contributed by atoms with Gasteiger partial charge in [-0.15, -0.1) is 0 Å². The summed E-state index contributed by atoms with van der Waals surface area (Å²) in [6, 6.07) is 10.0. The van der Waals surface area contributed by atoms with Gasteiger partial charge in [0.1, 0.15) is 17.1 Å². The molecule has 0 saturated heterocycles. The Balaban J connectivity index is 2.48. The van der Waals surface area contributed by atoms with E-state index in [2.05, 4.69) is 0 Å². The van der Waals surface area contributed by atoms with Crippen molar-refractivity contribution in [2.24, 2.45) is 0 Å². The van der Waals surface area contributed by atoms with Gasteiger partial charge >= 0.3 is 5.97 Å². The minimum Gasteiger partial charge on any atom is -0.508 e. The lowest BCUT2D eigenvalue weighted by molar-refractivity contribution is 0.0693. The second-order valence-electron chi connectivity index (χ2n) is 4.37. The molecule has 0 saturated carbocycles. The van der Waals surface area contributed by atoms with Crippen molar-refractivity contribution in [1.82, 2.24) is 0 Å². The molecule has 4 nitrogen and oxygen atoms in total. The number of carbonyl (C=O) groups is 1. The first-order valence-electron chi connectivity index (χ1n) is 5.82. The number of aromatic hydroxyl groups is 2. The standard InChI is InChI=1S/C15H14O4/c1-9-4-2-3-5-10(9)8-12-13(16)7-6-11(14(12)17)15(18)19/h2-7,16-17H,8H2,1H3,(H,18,19). The van der Waals surface area contributed by atoms with E-state index < -0.39 is 5.97 Å². The van der Waals surface area contributed by atoms with E-state index in [4.69, 9.17) is 5.11 Å². The molecule has 0 amide bonds. The molecule has 4 heteroatoms. The maximum absolute atomic E-state index is 11.0. The van der Waals surface area contributed by atoms with E-state index in [1.165, 1.54) is 12.1 Å². The Hall–Kier alpha value is -2.49. The van der Waals surface area contributed by atoms with Gasteiger partial charge in [0.05, 0.1) is 0 Å². The van der Waals surface area contributed by atoms with E-state index in [0.29, 0.717) is 0 Å². The van der Waals surface area contributed by atoms with Crippen LogP contribution in [0.15, 0.2) is 36.4 Å². The van der Waals surface area contributed by atoms with Crippen molar-refractivity contribution < 1.29 is 20.1 Å². The number of aromatic carboxylic acids is 1. The number of hydrogen-bond acceptors (Lipinski definition) is 3. The molecule has 98 valence electrons. The molecule has 0 aromatic heterocycles. The van der Waals surface area contributed by atoms with Crippen LogP contribution < -0.4 is 0 Å². The smallest absolute Gasteiger partial charge is 0.339 e. The molecular formula is C15H14O4. The highest BCUT2D eigenvalue weighted by Crippen LogP contribution is 2.33. The molecule has 0 heterocycles. The second-order valence-corrected chi connectivity index (χ2v) is 4.37. The summed E-state index contributed by atoms with van der Waals surface area (Å²) in [4.78, 5) is 11.0. The van der Waals surface area contributed by atoms with Crippen LogP contribution in [0.25, 0.3) is 0 Å². The predicted molar refractivity (Wildman–Crippen MR) is 70.7 cm³/mol. The zero-order valence-electron chi connectivity index (χ0n) is 10.4. The van der Waals surface area contributed by atoms with Gasteiger partial charge in [0.2, 0.25) is 0 Å². The van der Waals surface area contributed by atoms with Gasteiger partial charge in [0.25, 0.3) is 0 Å². The largest absolute Gasteiger partial charge is 0.508 e. The lowest BCUT2D eigenvalue weighted by Crippen LogP contribution is -2.00. The highest BCUT2D eigenvalue weighted by molar-refractivity contribution is 5.91. The Morgan fingerprint density at radius 3 is 2.42 bits per heavy atom. The molecule has 0 spiro atoms. The van der Waals surface area contributed by atoms with E-state index in [-0.39, 0.29) is 29.0 Å². The fraction of sp³-hybridized carbons (Fsp3) is 0.133. The quantitative estimate of drug-likeness (QED) is 0.791. The third kappa shape index (κ3) is 2.52. The summed E-state index contributed by atoms with van der Waals surface area (Å²) < 4.78 is 0. The van der Waals surface area contributed by atoms with Crippen LogP contribution in [0.3, 0.4) is 0 Å². The monoisotopic (exact) mass is 258 g/mol. The first-order chi connectivity index (χ1) is 9.00. The first kappa shape index (κ1) is 13.0. The van der Waals surface area contributed by atoms with Gasteiger partial charge in [0, 0.05) is 12.0 Å². The minimum atomic E-state index is -1.22. The minimum absolute atomic E-state index is 0.106. The third-order valence-corrected chi connectivity index (χ3v) is 3.12. The lowest BCUT2D eigenvalue weighted by atomic mass is 9.97. The molecule has 0 fully saturated rings. The fourth-order valence-electron chi connectivity index (χ4n) is 1.97. The number of carboxylic acids is 1. The second kappa shape index (κ2) is 5.02. The van der Waals surface area contributed by atoms with Gasteiger partial charge in [-0.1, -0.05) is 24.3 Å². The van der Waals surface area contributed by atoms with Crippen LogP contribution in [0, 0.1) is 6.92 Å². The molecule has 19 heavy (non-hydrogen) atoms. The summed E-state index contributed by atoms with van der Waals surface area (Å²) in [5.41, 5.74) is 1.97. The zero-order chi connectivity index (χ0) is 14.0. The number of benzene rings is 2. The summed E-state index contributed by atoms with van der Waals surface area (Å²) in [5, 5.41) is 28.7. The van der Waals surface area contributed by atoms with E-state index in [0.717, 1.165) is 11.1 Å². The van der Waals surface area contributed by atoms with Crippen LogP contribution in [-0.4, -0.2) is 21.3 Å². The normalized spacial score (nSPS) is 10.4. The first-order valence-corrected chi connectivity index (χ1v) is 5.82. The van der Waals surface area contributed by atoms with Crippen molar-refractivity contribution in [1.29, 1.82) is 0 Å². The number of hydrogen-bond donors (Lipinski definition) is 3. The van der Waals surface area contributed by atoms with E-state index in [1.807, 2.05) is 31.2 Å². The van der Waals surface area contributed by atoms with Crippen LogP contribution in [0.4, 0.5) is 0 Å². The molecule has 2 rings (SSSR count). The molecule has 0 bridgehead atoms. The maximum Gasteiger partial charge on any atom is 0.339 e. The van der Waals surface area contributed by atoms with Crippen LogP contribution >= 0.6 is 0 Å². The molecule has 2 aromatic carbocycles. The predicted octanol–water partition coefficient (Wildman–Crippen LogP) is 2.70. The Morgan fingerprint density at radius 1 is 1.11 bits per heavy atom. The average Bonchev–Trinajstić information content (AvgIpc) is 2.36. The number of phenolic OH excluding ortho intramolecular Hbond substituents is 1. The molecule has 0 atom stereocenters. The third-order valence-electron chi connectivity index (χ3n) is 3.12. The Labute approximate surface area is 110 Å². The Bertz CT molecular complexity index is 632. The highest BCUT2D eigenvalue weighted by atomic mass is 16.4. The van der Waals surface area contributed by atoms with Crippen molar-refractivity contribution in [2.75, 3.05) is 0 Å². The van der Waals surface area contributed by atoms with Crippen molar-refractivity contribution >= 4 is 5.97 Å². The molecule has 0 aliphatic rings. The fourth-order valence-corrected chi connectivity index (χ4v) is 1.97. The average molecular weight is 258 g/mol. The summed E-state index contributed by atoms with van der Waals surface area (Å²) in [5.74, 6) is -1.70. The summed E-state index contributed by atoms with van der Waals surface area (Å²) in [7, 11) is 0. The van der Waals surface area contributed by atoms with Gasteiger partial charge in [-0.2, -0.15) is 0 Å². The van der Waals surface area contributed by atoms with Crippen molar-refractivity contribution in [3.05, 3.63) is 58.7 Å². The van der Waals surface area contributed by atoms with Crippen molar-refractivity contribution in [3.63, 3.8) is 0 Å². The Morgan fingerprint density at radius 2 is 1.79 bits per heavy atom. The molecule has 0 radical (unpaired) electrons. The van der Waals surface area contributed by atoms with Crippen LogP contribution in [-0.2, 0) is 6.42 Å². The lowest BCUT2D eigenvalue weighted by Gasteiger charge is -2.11. The van der Waals surface area contributed by atoms with E-state index in [9.17, 15) is 15.0 Å². The number of aryl methyl sites for hydroxylation is 1. The van der Waals surface area contributed by atoms with Crippen molar-refractivity contribution in [3.8, 4) is 11.5 Å². The summed E-state index contributed by atoms with van der Waals surface area (Å²) in [6.45, 7) is 1.92. The van der Waals surface area contributed by atoms with E-state index >= 15 is 0 Å². The SMILES string of the molecule is Cc1ccccc1Cc1c(O)ccc(C(=O)O)c1O. The van der Waals surface area contributed by atoms with Crippen LogP contribution in [0.2, 0.25) is 0 Å². The zero-order valence-corrected chi connectivity index (χ0v) is 10.4. The molecule has 3 N–H and O–H groups in total. The summed E-state index contributed by atoms with van der Waals surface area (Å²) in [6.07, 6.45) is 0.283. The molecular weight excluding hydrogens is 244 g/mol. The molecule has 0 unspecified atom stereocenters. The van der Waals surface area contributed by atoms with Gasteiger partial charge in [-0.05, 0) is 30.2 Å². The molecule has 0 aliphatic carbocycles. The highest BCUT2D eigenvalue weighted by Gasteiger charge is 2.17. The van der Waals surface area contributed by atoms with Crippen molar-refractivity contribution in [2.45, 2.75) is 13.3 Å². The number of carboxylic acid groups (broad SMARTS) is 1. The maximum atomic E-state index is 11.0. The van der Waals surface area contributed by atoms with E-state index in [1.54, 1.807) is 0 Å². The van der Waals surface area contributed by atoms with Gasteiger partial charge in [0.15, 0.2) is 0 Å². The van der Waals surface area contributed by atoms with Crippen LogP contribution in [0.1, 0.15) is 27.0 Å². The topological polar surface area (TPSA) is 77.8 Å². The molecule has 0 aliphatic heterocycles. The van der Waals surface area contributed by atoms with Gasteiger partial charge in [-0.3, -0.25) is 0 Å². The van der Waals surface area contributed by atoms with Gasteiger partial charge in [-0.25, -0.2) is 4.79 Å². The summed E-state index contributed by atoms with van der Waals surface area (Å²) >= 11 is 0.